The maximum atomic E-state index is 12.6. The number of aromatic nitrogens is 1. The summed E-state index contributed by atoms with van der Waals surface area (Å²) in [7, 11) is -3.51. The van der Waals surface area contributed by atoms with E-state index in [9.17, 15) is 18.0 Å². The van der Waals surface area contributed by atoms with E-state index in [0.29, 0.717) is 15.3 Å². The molecule has 0 N–H and O–H groups in total. The Labute approximate surface area is 159 Å². The van der Waals surface area contributed by atoms with Gasteiger partial charge in [-0.15, -0.1) is 11.3 Å². The number of sulfonamides is 1. The number of amides is 1. The number of hydrogen-bond acceptors (Lipinski definition) is 6. The van der Waals surface area contributed by atoms with E-state index in [4.69, 9.17) is 4.42 Å². The Morgan fingerprint density at radius 2 is 1.81 bits per heavy atom. The molecule has 1 saturated heterocycles. The smallest absolute Gasteiger partial charge is 0.408 e. The number of carbonyl (C=O) groups excluding carboxylic acids is 1. The van der Waals surface area contributed by atoms with Crippen molar-refractivity contribution in [2.24, 2.45) is 0 Å². The Kier molecular flexibility index (Phi) is 4.62. The Bertz CT molecular complexity index is 1120. The predicted molar refractivity (Wildman–Crippen MR) is 100 cm³/mol. The molecular weight excluding hydrogens is 390 g/mol. The second-order valence-corrected chi connectivity index (χ2v) is 9.25. The van der Waals surface area contributed by atoms with Crippen molar-refractivity contribution in [1.82, 2.24) is 13.8 Å². The summed E-state index contributed by atoms with van der Waals surface area (Å²) in [5.41, 5.74) is 0.997. The zero-order valence-electron chi connectivity index (χ0n) is 14.3. The molecule has 0 unspecified atom stereocenters. The lowest BCUT2D eigenvalue weighted by Crippen LogP contribution is -2.51. The lowest BCUT2D eigenvalue weighted by Gasteiger charge is -2.33. The van der Waals surface area contributed by atoms with Crippen LogP contribution in [0.4, 0.5) is 0 Å². The van der Waals surface area contributed by atoms with E-state index in [1.807, 2.05) is 0 Å². The molecule has 3 heterocycles. The standard InChI is InChI=1S/C17H17N3O5S2/c21-15(12-20-13-4-1-2-5-14(13)25-17(20)22)18-7-9-19(10-8-18)27(23,24)16-6-3-11-26-16/h1-6,11H,7-10,12H2. The van der Waals surface area contributed by atoms with Crippen molar-refractivity contribution in [3.8, 4) is 0 Å². The lowest BCUT2D eigenvalue weighted by molar-refractivity contribution is -0.133. The second kappa shape index (κ2) is 6.95. The zero-order chi connectivity index (χ0) is 19.0. The zero-order valence-corrected chi connectivity index (χ0v) is 15.9. The van der Waals surface area contributed by atoms with Gasteiger partial charge in [-0.25, -0.2) is 13.2 Å². The third-order valence-corrected chi connectivity index (χ3v) is 7.82. The second-order valence-electron chi connectivity index (χ2n) is 6.14. The average Bonchev–Trinajstić information content (AvgIpc) is 3.31. The minimum absolute atomic E-state index is 0.131. The van der Waals surface area contributed by atoms with Crippen LogP contribution in [-0.2, 0) is 21.4 Å². The van der Waals surface area contributed by atoms with Crippen molar-refractivity contribution >= 4 is 38.4 Å². The lowest BCUT2D eigenvalue weighted by atomic mass is 10.3. The van der Waals surface area contributed by atoms with Gasteiger partial charge in [0.25, 0.3) is 10.0 Å². The van der Waals surface area contributed by atoms with Crippen molar-refractivity contribution in [3.63, 3.8) is 0 Å². The van der Waals surface area contributed by atoms with Gasteiger partial charge in [-0.05, 0) is 23.6 Å². The summed E-state index contributed by atoms with van der Waals surface area (Å²) in [6.45, 7) is 0.898. The molecule has 0 saturated carbocycles. The molecule has 2 aromatic heterocycles. The minimum Gasteiger partial charge on any atom is -0.408 e. The number of oxazole rings is 1. The molecule has 142 valence electrons. The van der Waals surface area contributed by atoms with Crippen LogP contribution in [0.2, 0.25) is 0 Å². The Morgan fingerprint density at radius 3 is 2.52 bits per heavy atom. The summed E-state index contributed by atoms with van der Waals surface area (Å²) in [6, 6.07) is 10.2. The molecule has 1 aliphatic rings. The highest BCUT2D eigenvalue weighted by molar-refractivity contribution is 7.91. The molecule has 1 amide bonds. The van der Waals surface area contributed by atoms with E-state index >= 15 is 0 Å². The maximum Gasteiger partial charge on any atom is 0.420 e. The van der Waals surface area contributed by atoms with Crippen molar-refractivity contribution in [1.29, 1.82) is 0 Å². The number of thiophene rings is 1. The molecule has 0 spiro atoms. The molecule has 27 heavy (non-hydrogen) atoms. The van der Waals surface area contributed by atoms with Gasteiger partial charge >= 0.3 is 5.76 Å². The average molecular weight is 407 g/mol. The molecule has 0 aliphatic carbocycles. The monoisotopic (exact) mass is 407 g/mol. The van der Waals surface area contributed by atoms with Crippen molar-refractivity contribution in [3.05, 3.63) is 52.3 Å². The van der Waals surface area contributed by atoms with E-state index in [-0.39, 0.29) is 38.6 Å². The maximum absolute atomic E-state index is 12.6. The largest absolute Gasteiger partial charge is 0.420 e. The summed E-state index contributed by atoms with van der Waals surface area (Å²) in [5.74, 6) is -0.819. The van der Waals surface area contributed by atoms with Crippen LogP contribution in [0.15, 0.2) is 55.2 Å². The van der Waals surface area contributed by atoms with Gasteiger partial charge in [0, 0.05) is 26.2 Å². The van der Waals surface area contributed by atoms with E-state index in [2.05, 4.69) is 0 Å². The molecule has 3 aromatic rings. The highest BCUT2D eigenvalue weighted by Gasteiger charge is 2.31. The van der Waals surface area contributed by atoms with Gasteiger partial charge in [-0.2, -0.15) is 4.31 Å². The fourth-order valence-corrected chi connectivity index (χ4v) is 5.68. The van der Waals surface area contributed by atoms with Crippen molar-refractivity contribution < 1.29 is 17.6 Å². The normalized spacial score (nSPS) is 16.1. The van der Waals surface area contributed by atoms with Gasteiger partial charge in [-0.1, -0.05) is 18.2 Å². The van der Waals surface area contributed by atoms with Crippen LogP contribution in [0.1, 0.15) is 0 Å². The summed E-state index contributed by atoms with van der Waals surface area (Å²) in [5, 5.41) is 1.72. The minimum atomic E-state index is -3.51. The number of carbonyl (C=O) groups is 1. The van der Waals surface area contributed by atoms with E-state index < -0.39 is 15.8 Å². The van der Waals surface area contributed by atoms with Crippen LogP contribution in [0, 0.1) is 0 Å². The van der Waals surface area contributed by atoms with E-state index in [0.717, 1.165) is 0 Å². The quantitative estimate of drug-likeness (QED) is 0.648. The molecule has 1 fully saturated rings. The predicted octanol–water partition coefficient (Wildman–Crippen LogP) is 1.19. The topological polar surface area (TPSA) is 92.8 Å². The number of para-hydroxylation sites is 2. The van der Waals surface area contributed by atoms with Crippen molar-refractivity contribution in [2.75, 3.05) is 26.2 Å². The SMILES string of the molecule is O=C(Cn1c(=O)oc2ccccc21)N1CCN(S(=O)(=O)c2cccs2)CC1. The summed E-state index contributed by atoms with van der Waals surface area (Å²) in [4.78, 5) is 26.2. The number of hydrogen-bond donors (Lipinski definition) is 0. The van der Waals surface area contributed by atoms with Gasteiger partial charge in [0.1, 0.15) is 10.8 Å². The Balaban J connectivity index is 1.45. The number of nitrogens with zero attached hydrogens (tertiary/aromatic N) is 3. The fourth-order valence-electron chi connectivity index (χ4n) is 3.11. The molecule has 0 atom stereocenters. The number of fused-ring (bicyclic) bond motifs is 1. The molecule has 1 aromatic carbocycles. The van der Waals surface area contributed by atoms with Gasteiger partial charge in [0.15, 0.2) is 5.58 Å². The van der Waals surface area contributed by atoms with Crippen LogP contribution in [-0.4, -0.2) is 54.3 Å². The number of piperazine rings is 1. The van der Waals surface area contributed by atoms with Gasteiger partial charge in [0.2, 0.25) is 5.91 Å². The molecule has 8 nitrogen and oxygen atoms in total. The van der Waals surface area contributed by atoms with Crippen molar-refractivity contribution in [2.45, 2.75) is 10.8 Å². The first-order valence-electron chi connectivity index (χ1n) is 8.36. The van der Waals surface area contributed by atoms with Crippen LogP contribution in [0.3, 0.4) is 0 Å². The molecular formula is C17H17N3O5S2. The van der Waals surface area contributed by atoms with Gasteiger partial charge < -0.3 is 9.32 Å². The Hall–Kier alpha value is -2.43. The van der Waals surface area contributed by atoms with E-state index in [1.165, 1.54) is 20.2 Å². The van der Waals surface area contributed by atoms with Crippen LogP contribution in [0.25, 0.3) is 11.1 Å². The van der Waals surface area contributed by atoms with Gasteiger partial charge in [-0.3, -0.25) is 9.36 Å². The molecule has 1 aliphatic heterocycles. The summed E-state index contributed by atoms with van der Waals surface area (Å²) < 4.78 is 33.2. The summed E-state index contributed by atoms with van der Waals surface area (Å²) in [6.07, 6.45) is 0. The first kappa shape index (κ1) is 18.0. The fraction of sp³-hybridized carbons (Fsp3) is 0.294. The molecule has 4 rings (SSSR count). The molecule has 0 radical (unpaired) electrons. The van der Waals surface area contributed by atoms with Crippen LogP contribution < -0.4 is 5.76 Å². The third-order valence-electron chi connectivity index (χ3n) is 4.55. The first-order chi connectivity index (χ1) is 13.0. The van der Waals surface area contributed by atoms with Gasteiger partial charge in [0.05, 0.1) is 5.52 Å². The molecule has 10 heteroatoms. The highest BCUT2D eigenvalue weighted by atomic mass is 32.2. The third kappa shape index (κ3) is 3.31. The first-order valence-corrected chi connectivity index (χ1v) is 10.7. The number of rotatable bonds is 4. The van der Waals surface area contributed by atoms with Crippen LogP contribution in [0.5, 0.6) is 0 Å². The van der Waals surface area contributed by atoms with Crippen LogP contribution >= 0.6 is 11.3 Å². The van der Waals surface area contributed by atoms with E-state index in [1.54, 1.807) is 46.7 Å². The summed E-state index contributed by atoms with van der Waals surface area (Å²) >= 11 is 1.18. The molecule has 0 bridgehead atoms. The highest BCUT2D eigenvalue weighted by Crippen LogP contribution is 2.22. The number of benzene rings is 1. The Morgan fingerprint density at radius 1 is 1.07 bits per heavy atom.